The van der Waals surface area contributed by atoms with Gasteiger partial charge in [-0.25, -0.2) is 56.3 Å². The second-order valence-electron chi connectivity index (χ2n) is 19.1. The predicted octanol–water partition coefficient (Wildman–Crippen LogP) is 1.37. The molecule has 5 aliphatic heterocycles. The summed E-state index contributed by atoms with van der Waals surface area (Å²) >= 11 is 0. The average molecular weight is 1160 g/mol. The van der Waals surface area contributed by atoms with E-state index >= 15 is 0 Å². The van der Waals surface area contributed by atoms with Crippen molar-refractivity contribution in [2.45, 2.75) is 92.4 Å². The first-order valence-electron chi connectivity index (χ1n) is 25.4. The maximum absolute atomic E-state index is 12.8. The summed E-state index contributed by atoms with van der Waals surface area (Å²) in [6, 6.07) is 10.3. The lowest BCUT2D eigenvalue weighted by Crippen LogP contribution is -2.42. The van der Waals surface area contributed by atoms with E-state index in [0.29, 0.717) is 56.3 Å². The lowest BCUT2D eigenvalue weighted by atomic mass is 10.1. The molecule has 3 fully saturated rings. The molecule has 0 bridgehead atoms. The maximum Gasteiger partial charge on any atom is 0.324 e. The van der Waals surface area contributed by atoms with Gasteiger partial charge in [-0.3, -0.25) is 29.4 Å². The van der Waals surface area contributed by atoms with Crippen molar-refractivity contribution in [3.63, 3.8) is 0 Å². The van der Waals surface area contributed by atoms with Crippen molar-refractivity contribution in [3.05, 3.63) is 98.1 Å². The van der Waals surface area contributed by atoms with Crippen molar-refractivity contribution in [2.75, 3.05) is 60.5 Å². The van der Waals surface area contributed by atoms with Gasteiger partial charge >= 0.3 is 12.1 Å². The summed E-state index contributed by atoms with van der Waals surface area (Å²) in [5.74, 6) is -1.62. The van der Waals surface area contributed by atoms with Gasteiger partial charge in [0, 0.05) is 50.6 Å². The summed E-state index contributed by atoms with van der Waals surface area (Å²) < 4.78 is 80.2. The Balaban J connectivity index is 0.000000182. The van der Waals surface area contributed by atoms with E-state index in [0.717, 1.165) is 0 Å². The number of carbonyl (C=O) groups is 4. The molecule has 5 aliphatic rings. The Kier molecular flexibility index (Phi) is 15.9. The summed E-state index contributed by atoms with van der Waals surface area (Å²) in [7, 11) is -7.25. The van der Waals surface area contributed by atoms with Crippen LogP contribution < -0.4 is 31.9 Å². The van der Waals surface area contributed by atoms with Gasteiger partial charge in [-0.05, 0) is 76.2 Å². The number of anilines is 4. The third-order valence-corrected chi connectivity index (χ3v) is 17.0. The number of fused-ring (bicyclic) bond motifs is 3. The van der Waals surface area contributed by atoms with Crippen LogP contribution in [0.1, 0.15) is 40.2 Å². The molecule has 32 heteroatoms. The fraction of sp³-hybridized carbons (Fsp3) is 0.388. The molecule has 4 aromatic heterocycles. The highest BCUT2D eigenvalue weighted by Gasteiger charge is 2.58. The van der Waals surface area contributed by atoms with Crippen molar-refractivity contribution in [3.8, 4) is 0 Å². The van der Waals surface area contributed by atoms with Gasteiger partial charge < -0.3 is 50.4 Å². The van der Waals surface area contributed by atoms with E-state index in [4.69, 9.17) is 18.9 Å². The Labute approximate surface area is 462 Å². The minimum absolute atomic E-state index is 0.0466. The fourth-order valence-corrected chi connectivity index (χ4v) is 12.2. The van der Waals surface area contributed by atoms with Crippen LogP contribution >= 0.6 is 0 Å². The van der Waals surface area contributed by atoms with E-state index in [9.17, 15) is 46.2 Å². The number of aliphatic hydroxyl groups excluding tert-OH is 2. The third-order valence-electron chi connectivity index (χ3n) is 13.3. The molecule has 428 valence electrons. The smallest absolute Gasteiger partial charge is 0.324 e. The topological polar surface area (TPSA) is 380 Å². The van der Waals surface area contributed by atoms with Gasteiger partial charge in [0.05, 0.1) is 22.4 Å². The third kappa shape index (κ3) is 11.4. The van der Waals surface area contributed by atoms with E-state index in [1.54, 1.807) is 49.6 Å². The highest BCUT2D eigenvalue weighted by Crippen LogP contribution is 2.44. The Hall–Kier alpha value is -7.92. The molecule has 81 heavy (non-hydrogen) atoms. The van der Waals surface area contributed by atoms with Crippen LogP contribution in [0.3, 0.4) is 0 Å². The zero-order chi connectivity index (χ0) is 57.4. The zero-order valence-electron chi connectivity index (χ0n) is 43.7. The molecule has 9 heterocycles. The molecule has 8 N–H and O–H groups in total. The lowest BCUT2D eigenvalue weighted by molar-refractivity contribution is -0.197. The number of imidazole rings is 2. The second-order valence-corrected chi connectivity index (χ2v) is 23.0. The summed E-state index contributed by atoms with van der Waals surface area (Å²) in [6.07, 6.45) is 4.03. The minimum Gasteiger partial charge on any atom is -0.387 e. The Morgan fingerprint density at radius 1 is 0.568 bits per heavy atom. The van der Waals surface area contributed by atoms with Crippen LogP contribution in [0.4, 0.5) is 32.6 Å². The van der Waals surface area contributed by atoms with Crippen molar-refractivity contribution in [1.82, 2.24) is 58.3 Å². The number of carbonyl (C=O) groups excluding carboxylic acids is 4. The molecule has 0 aliphatic carbocycles. The van der Waals surface area contributed by atoms with E-state index in [1.807, 2.05) is 6.92 Å². The summed E-state index contributed by atoms with van der Waals surface area (Å²) in [4.78, 5) is 75.9. The van der Waals surface area contributed by atoms with Gasteiger partial charge in [0.2, 0.25) is 20.0 Å². The Bertz CT molecular complexity index is 3640. The molecule has 0 spiro atoms. The minimum atomic E-state index is -3.63. The summed E-state index contributed by atoms with van der Waals surface area (Å²) in [5.41, 5.74) is 1.70. The first kappa shape index (κ1) is 56.4. The monoisotopic (exact) mass is 1160 g/mol. The molecule has 8 atom stereocenters. The largest absolute Gasteiger partial charge is 0.387 e. The first-order chi connectivity index (χ1) is 38.8. The number of likely N-dealkylation sites (N-methyl/N-ethyl adjacent to an activating group) is 2. The van der Waals surface area contributed by atoms with Crippen molar-refractivity contribution >= 4 is 89.3 Å². The number of aromatic nitrogens is 8. The van der Waals surface area contributed by atoms with Crippen molar-refractivity contribution in [2.24, 2.45) is 0 Å². The van der Waals surface area contributed by atoms with Gasteiger partial charge in [0.1, 0.15) is 37.1 Å². The number of sulfonamides is 2. The molecular formula is C49H56N16O14S2. The van der Waals surface area contributed by atoms with E-state index in [-0.39, 0.29) is 44.0 Å². The molecule has 6 aromatic rings. The number of nitrogens with zero attached hydrogens (tertiary/aromatic N) is 10. The number of benzene rings is 2. The predicted molar refractivity (Wildman–Crippen MR) is 286 cm³/mol. The van der Waals surface area contributed by atoms with Crippen LogP contribution in [-0.2, 0) is 48.6 Å². The Morgan fingerprint density at radius 2 is 0.988 bits per heavy atom. The molecule has 6 amide bonds. The highest BCUT2D eigenvalue weighted by molar-refractivity contribution is 7.89. The van der Waals surface area contributed by atoms with Crippen LogP contribution in [0, 0.1) is 0 Å². The molecule has 0 radical (unpaired) electrons. The van der Waals surface area contributed by atoms with Crippen molar-refractivity contribution in [1.29, 1.82) is 0 Å². The van der Waals surface area contributed by atoms with Gasteiger partial charge in [-0.15, -0.1) is 0 Å². The van der Waals surface area contributed by atoms with Gasteiger partial charge in [-0.1, -0.05) is 24.3 Å². The molecular weight excluding hydrogens is 1100 g/mol. The average Bonchev–Trinajstić information content (AvgIpc) is 3.63. The van der Waals surface area contributed by atoms with Crippen molar-refractivity contribution < 1.29 is 65.2 Å². The Morgan fingerprint density at radius 3 is 1.44 bits per heavy atom. The van der Waals surface area contributed by atoms with Gasteiger partial charge in [0.15, 0.2) is 64.4 Å². The maximum atomic E-state index is 12.8. The van der Waals surface area contributed by atoms with Crippen LogP contribution in [0.15, 0.2) is 108 Å². The zero-order valence-corrected chi connectivity index (χ0v) is 45.3. The second kappa shape index (κ2) is 22.9. The summed E-state index contributed by atoms with van der Waals surface area (Å²) in [5, 5.41) is 36.6. The fourth-order valence-electron chi connectivity index (χ4n) is 9.50. The standard InChI is InChI=1S/C26H30N8O7S.C23H26N8O7S/c1-4-27-23(35)19-18-20(41-26(2,3)40-18)24(39-19)34-14-30-17-21(28-13-29-22(17)34)32-25(36)31-15-7-9-16(10-8-15)42(37,38)33-11-5-6-12-33;1-2-24-21(34)18-16(32)17(33)22(38-18)31-12-27-15-19(25-11-26-20(15)31)29-23(35)28-13-5-7-14(8-6-13)39(36,37)30-9-3-4-10-30/h5-10,13-14,18-20,24H,4,11-12H2,1-3H3,(H,27,35)(H2,28,29,31,32,36);3-8,11-12,16-18,22,32-33H,2,9-10H2,1H3,(H,24,34)(H2,25,26,28,29,35)/t18-,19+,20-,24-;16-,17+,18-,22+/m10/s1. The van der Waals surface area contributed by atoms with Gasteiger partial charge in [0.25, 0.3) is 11.8 Å². The van der Waals surface area contributed by atoms with E-state index < -0.39 is 92.9 Å². The number of amides is 6. The molecule has 11 rings (SSSR count). The number of ether oxygens (including phenoxy) is 4. The molecule has 30 nitrogen and oxygen atoms in total. The van der Waals surface area contributed by atoms with Crippen LogP contribution in [-0.4, -0.2) is 180 Å². The highest BCUT2D eigenvalue weighted by atomic mass is 32.2. The number of hydrogen-bond acceptors (Lipinski definition) is 20. The van der Waals surface area contributed by atoms with E-state index in [2.05, 4.69) is 61.8 Å². The van der Waals surface area contributed by atoms with Gasteiger partial charge in [-0.2, -0.15) is 8.61 Å². The normalized spacial score (nSPS) is 24.2. The van der Waals surface area contributed by atoms with Crippen LogP contribution in [0.2, 0.25) is 0 Å². The summed E-state index contributed by atoms with van der Waals surface area (Å²) in [6.45, 7) is 9.11. The number of urea groups is 2. The SMILES string of the molecule is CCNC(=O)[C@H]1O[C@@H](n2cnc3c(NC(=O)Nc4ccc(S(=O)(=O)N5CC=CC5)cc4)ncnc32)[C@@H]2OC(C)(C)O[C@@H]21.CCNC(=O)[C@H]1O[C@@H](n2cnc3c(NC(=O)Nc4ccc(S(=O)(=O)N5CC=CC5)cc4)ncnc32)[C@H](O)[C@@H]1O. The lowest BCUT2D eigenvalue weighted by Gasteiger charge is -2.24. The number of aliphatic hydroxyl groups is 2. The van der Waals surface area contributed by atoms with Crippen LogP contribution in [0.25, 0.3) is 22.3 Å². The molecule has 2 aromatic carbocycles. The quantitative estimate of drug-likeness (QED) is 0.0714. The molecule has 0 unspecified atom stereocenters. The molecule has 0 saturated carbocycles. The molecule has 3 saturated heterocycles. The number of rotatable bonds is 14. The number of hydrogen-bond donors (Lipinski definition) is 8. The number of nitrogens with one attached hydrogen (secondary N) is 6. The van der Waals surface area contributed by atoms with Crippen LogP contribution in [0.5, 0.6) is 0 Å². The van der Waals surface area contributed by atoms with E-state index in [1.165, 1.54) is 87.0 Å². The first-order valence-corrected chi connectivity index (χ1v) is 28.3.